The third kappa shape index (κ3) is 1.83. The summed E-state index contributed by atoms with van der Waals surface area (Å²) in [6.45, 7) is 2.01. The molecule has 4 heteroatoms. The fourth-order valence-electron chi connectivity index (χ4n) is 0.750. The van der Waals surface area contributed by atoms with E-state index in [4.69, 9.17) is 0 Å². The highest BCUT2D eigenvalue weighted by molar-refractivity contribution is 7.83. The van der Waals surface area contributed by atoms with E-state index in [2.05, 4.69) is 30.6 Å². The number of rotatable bonds is 3. The average Bonchev–Trinajstić information content (AvgIpc) is 2.38. The second kappa shape index (κ2) is 2.66. The molecule has 0 aliphatic carbocycles. The Morgan fingerprint density at radius 2 is 2.30 bits per heavy atom. The van der Waals surface area contributed by atoms with Crippen molar-refractivity contribution in [2.24, 2.45) is 0 Å². The standard InChI is InChI=1S/C6H11NOS2/c1-4(9)2-3-6(10)5(8)7-6/h4,9-10H,2-3H2,1H3,(H,7,8). The molecule has 0 aromatic carbocycles. The molecule has 1 aliphatic rings. The van der Waals surface area contributed by atoms with Gasteiger partial charge in [0.1, 0.15) is 0 Å². The van der Waals surface area contributed by atoms with Crippen LogP contribution in [0, 0.1) is 0 Å². The fraction of sp³-hybridized carbons (Fsp3) is 0.833. The topological polar surface area (TPSA) is 39.0 Å². The van der Waals surface area contributed by atoms with E-state index in [1.807, 2.05) is 6.92 Å². The highest BCUT2D eigenvalue weighted by Gasteiger charge is 2.49. The summed E-state index contributed by atoms with van der Waals surface area (Å²) in [6, 6.07) is 0. The predicted molar refractivity (Wildman–Crippen MR) is 47.5 cm³/mol. The number of carbonyl (C=O) groups is 1. The largest absolute Gasteiger partial charge is 0.331 e. The molecule has 1 amide bonds. The number of carbonyl (C=O) groups excluding carboxylic acids is 1. The Labute approximate surface area is 71.6 Å². The van der Waals surface area contributed by atoms with Gasteiger partial charge >= 0.3 is 0 Å². The fourth-order valence-corrected chi connectivity index (χ4v) is 1.11. The smallest absolute Gasteiger partial charge is 0.257 e. The van der Waals surface area contributed by atoms with Crippen LogP contribution < -0.4 is 5.32 Å². The first-order valence-electron chi connectivity index (χ1n) is 3.28. The maximum atomic E-state index is 10.6. The summed E-state index contributed by atoms with van der Waals surface area (Å²) in [5, 5.41) is 3.00. The Bertz CT molecular complexity index is 160. The van der Waals surface area contributed by atoms with Crippen LogP contribution in [0.3, 0.4) is 0 Å². The Balaban J connectivity index is 2.21. The van der Waals surface area contributed by atoms with Gasteiger partial charge < -0.3 is 5.32 Å². The van der Waals surface area contributed by atoms with Gasteiger partial charge in [0, 0.05) is 0 Å². The summed E-state index contributed by atoms with van der Waals surface area (Å²) < 4.78 is 0. The van der Waals surface area contributed by atoms with E-state index in [0.29, 0.717) is 5.25 Å². The molecule has 1 heterocycles. The molecule has 2 atom stereocenters. The molecule has 2 nitrogen and oxygen atoms in total. The lowest BCUT2D eigenvalue weighted by Gasteiger charge is -2.04. The van der Waals surface area contributed by atoms with Crippen molar-refractivity contribution in [2.45, 2.75) is 29.9 Å². The summed E-state index contributed by atoms with van der Waals surface area (Å²) in [5.74, 6) is 0.0461. The molecule has 10 heavy (non-hydrogen) atoms. The number of hydrogen-bond acceptors (Lipinski definition) is 3. The van der Waals surface area contributed by atoms with Gasteiger partial charge in [-0.2, -0.15) is 12.6 Å². The lowest BCUT2D eigenvalue weighted by molar-refractivity contribution is -0.111. The third-order valence-corrected chi connectivity index (χ3v) is 2.35. The Hall–Kier alpha value is 0.170. The molecule has 0 bridgehead atoms. The van der Waals surface area contributed by atoms with Gasteiger partial charge in [-0.25, -0.2) is 0 Å². The van der Waals surface area contributed by atoms with E-state index in [-0.39, 0.29) is 5.91 Å². The van der Waals surface area contributed by atoms with Gasteiger partial charge in [0.15, 0.2) is 4.87 Å². The van der Waals surface area contributed by atoms with Crippen LogP contribution in [0.25, 0.3) is 0 Å². The summed E-state index contributed by atoms with van der Waals surface area (Å²) in [7, 11) is 0. The van der Waals surface area contributed by atoms with Crippen molar-refractivity contribution in [1.29, 1.82) is 0 Å². The first-order chi connectivity index (χ1) is 4.54. The summed E-state index contributed by atoms with van der Waals surface area (Å²) in [4.78, 5) is 10.1. The van der Waals surface area contributed by atoms with Crippen LogP contribution in [0.1, 0.15) is 19.8 Å². The maximum absolute atomic E-state index is 10.6. The monoisotopic (exact) mass is 177 g/mol. The third-order valence-electron chi connectivity index (χ3n) is 1.56. The van der Waals surface area contributed by atoms with E-state index < -0.39 is 4.87 Å². The normalized spacial score (nSPS) is 33.3. The van der Waals surface area contributed by atoms with Crippen molar-refractivity contribution in [1.82, 2.24) is 5.32 Å². The molecular weight excluding hydrogens is 166 g/mol. The van der Waals surface area contributed by atoms with Gasteiger partial charge in [0.25, 0.3) is 5.91 Å². The second-order valence-electron chi connectivity index (χ2n) is 2.70. The molecule has 1 fully saturated rings. The van der Waals surface area contributed by atoms with Crippen LogP contribution in [0.2, 0.25) is 0 Å². The van der Waals surface area contributed by atoms with E-state index >= 15 is 0 Å². The lowest BCUT2D eigenvalue weighted by Crippen LogP contribution is -2.08. The van der Waals surface area contributed by atoms with Crippen molar-refractivity contribution in [2.75, 3.05) is 0 Å². The van der Waals surface area contributed by atoms with Crippen LogP contribution >= 0.6 is 25.3 Å². The molecule has 58 valence electrons. The van der Waals surface area contributed by atoms with Gasteiger partial charge in [-0.3, -0.25) is 4.79 Å². The zero-order valence-corrected chi connectivity index (χ0v) is 7.58. The zero-order valence-electron chi connectivity index (χ0n) is 5.79. The van der Waals surface area contributed by atoms with Gasteiger partial charge in [-0.1, -0.05) is 6.92 Å². The van der Waals surface area contributed by atoms with Crippen molar-refractivity contribution >= 4 is 31.2 Å². The number of hydrogen-bond donors (Lipinski definition) is 3. The summed E-state index contributed by atoms with van der Waals surface area (Å²) in [5.41, 5.74) is 0. The summed E-state index contributed by atoms with van der Waals surface area (Å²) in [6.07, 6.45) is 1.70. The molecule has 1 rings (SSSR count). The average molecular weight is 177 g/mol. The first-order valence-corrected chi connectivity index (χ1v) is 4.24. The Kier molecular flexibility index (Phi) is 2.20. The van der Waals surface area contributed by atoms with Crippen LogP contribution in [-0.4, -0.2) is 16.0 Å². The molecule has 2 unspecified atom stereocenters. The van der Waals surface area contributed by atoms with Crippen LogP contribution in [0.5, 0.6) is 0 Å². The van der Waals surface area contributed by atoms with Crippen LogP contribution in [0.4, 0.5) is 0 Å². The Morgan fingerprint density at radius 3 is 2.60 bits per heavy atom. The molecule has 0 aromatic heterocycles. The van der Waals surface area contributed by atoms with Gasteiger partial charge in [-0.15, -0.1) is 12.6 Å². The van der Waals surface area contributed by atoms with Crippen molar-refractivity contribution in [3.05, 3.63) is 0 Å². The minimum Gasteiger partial charge on any atom is -0.331 e. The molecule has 0 radical (unpaired) electrons. The minimum atomic E-state index is -0.503. The van der Waals surface area contributed by atoms with E-state index in [1.165, 1.54) is 0 Å². The highest BCUT2D eigenvalue weighted by atomic mass is 32.1. The van der Waals surface area contributed by atoms with E-state index in [9.17, 15) is 4.79 Å². The molecule has 1 aliphatic heterocycles. The highest BCUT2D eigenvalue weighted by Crippen LogP contribution is 2.30. The molecule has 0 aromatic rings. The minimum absolute atomic E-state index is 0.0461. The second-order valence-corrected chi connectivity index (χ2v) is 4.35. The van der Waals surface area contributed by atoms with Crippen molar-refractivity contribution < 1.29 is 4.79 Å². The SMILES string of the molecule is CC(S)CCC1(S)NC1=O. The molecule has 1 saturated heterocycles. The molecule has 1 N–H and O–H groups in total. The molecule has 0 spiro atoms. The quantitative estimate of drug-likeness (QED) is 0.434. The van der Waals surface area contributed by atoms with Crippen molar-refractivity contribution in [3.63, 3.8) is 0 Å². The van der Waals surface area contributed by atoms with E-state index in [1.54, 1.807) is 0 Å². The molecule has 0 saturated carbocycles. The van der Waals surface area contributed by atoms with Crippen LogP contribution in [-0.2, 0) is 4.79 Å². The Morgan fingerprint density at radius 1 is 1.80 bits per heavy atom. The zero-order chi connectivity index (χ0) is 7.78. The number of nitrogens with one attached hydrogen (secondary N) is 1. The van der Waals surface area contributed by atoms with E-state index in [0.717, 1.165) is 12.8 Å². The van der Waals surface area contributed by atoms with Gasteiger partial charge in [-0.05, 0) is 18.1 Å². The van der Waals surface area contributed by atoms with Crippen molar-refractivity contribution in [3.8, 4) is 0 Å². The lowest BCUT2D eigenvalue weighted by atomic mass is 10.2. The predicted octanol–water partition coefficient (Wildman–Crippen LogP) is 0.841. The van der Waals surface area contributed by atoms with Gasteiger partial charge in [0.2, 0.25) is 0 Å². The number of thiol groups is 2. The molecular formula is C6H11NOS2. The van der Waals surface area contributed by atoms with Gasteiger partial charge in [0.05, 0.1) is 0 Å². The van der Waals surface area contributed by atoms with Crippen LogP contribution in [0.15, 0.2) is 0 Å². The number of amides is 1. The first kappa shape index (κ1) is 8.27. The maximum Gasteiger partial charge on any atom is 0.257 e. The summed E-state index contributed by atoms with van der Waals surface area (Å²) >= 11 is 8.34.